The molecule has 4 nitrogen and oxygen atoms in total. The number of anilines is 1. The van der Waals surface area contributed by atoms with Crippen LogP contribution >= 0.6 is 0 Å². The summed E-state index contributed by atoms with van der Waals surface area (Å²) in [5, 5.41) is 0. The Morgan fingerprint density at radius 1 is 1.29 bits per heavy atom. The van der Waals surface area contributed by atoms with E-state index < -0.39 is 0 Å². The highest BCUT2D eigenvalue weighted by atomic mass is 19.1. The molecule has 2 heterocycles. The van der Waals surface area contributed by atoms with Crippen LogP contribution in [-0.4, -0.2) is 10.9 Å². The lowest BCUT2D eigenvalue weighted by Gasteiger charge is -2.30. The van der Waals surface area contributed by atoms with Crippen LogP contribution in [0.5, 0.6) is 0 Å². The van der Waals surface area contributed by atoms with Gasteiger partial charge in [-0.05, 0) is 41.8 Å². The van der Waals surface area contributed by atoms with Crippen molar-refractivity contribution in [3.63, 3.8) is 0 Å². The highest BCUT2D eigenvalue weighted by molar-refractivity contribution is 5.96. The van der Waals surface area contributed by atoms with Crippen molar-refractivity contribution >= 4 is 11.6 Å². The van der Waals surface area contributed by atoms with Crippen molar-refractivity contribution in [1.29, 1.82) is 0 Å². The monoisotopic (exact) mass is 285 g/mol. The second kappa shape index (κ2) is 5.61. The first-order chi connectivity index (χ1) is 10.2. The number of rotatable bonds is 3. The maximum Gasteiger partial charge on any atom is 0.227 e. The fraction of sp³-hybridized carbons (Fsp3) is 0.250. The van der Waals surface area contributed by atoms with E-state index in [-0.39, 0.29) is 11.7 Å². The molecule has 0 spiro atoms. The fourth-order valence-electron chi connectivity index (χ4n) is 2.67. The predicted molar refractivity (Wildman–Crippen MR) is 78.0 cm³/mol. The largest absolute Gasteiger partial charge is 0.325 e. The number of nitrogens with zero attached hydrogens (tertiary/aromatic N) is 2. The van der Waals surface area contributed by atoms with Crippen LogP contribution < -0.4 is 10.6 Å². The summed E-state index contributed by atoms with van der Waals surface area (Å²) in [6.07, 6.45) is 2.67. The molecule has 1 aromatic carbocycles. The summed E-state index contributed by atoms with van der Waals surface area (Å²) >= 11 is 0. The average molecular weight is 285 g/mol. The molecule has 3 rings (SSSR count). The van der Waals surface area contributed by atoms with Crippen molar-refractivity contribution in [3.8, 4) is 0 Å². The van der Waals surface area contributed by atoms with E-state index in [9.17, 15) is 9.18 Å². The smallest absolute Gasteiger partial charge is 0.227 e. The first-order valence-corrected chi connectivity index (χ1v) is 6.90. The van der Waals surface area contributed by atoms with E-state index in [0.29, 0.717) is 25.9 Å². The second-order valence-electron chi connectivity index (χ2n) is 5.07. The van der Waals surface area contributed by atoms with Crippen LogP contribution in [-0.2, 0) is 24.3 Å². The zero-order valence-electron chi connectivity index (χ0n) is 11.6. The standard InChI is InChI=1S/C16H16FN3O/c17-13-4-5-15-11(8-13)3-6-16(21)20(15)10-12-2-1-7-19-14(12)9-18/h1-2,4-5,7-8H,3,6,9-10,18H2. The van der Waals surface area contributed by atoms with Gasteiger partial charge in [-0.25, -0.2) is 4.39 Å². The molecule has 1 amide bonds. The van der Waals surface area contributed by atoms with Crippen LogP contribution in [0.4, 0.5) is 10.1 Å². The molecule has 0 radical (unpaired) electrons. The highest BCUT2D eigenvalue weighted by Crippen LogP contribution is 2.30. The van der Waals surface area contributed by atoms with E-state index in [2.05, 4.69) is 4.98 Å². The summed E-state index contributed by atoms with van der Waals surface area (Å²) in [5.74, 6) is -0.229. The minimum absolute atomic E-state index is 0.0425. The van der Waals surface area contributed by atoms with Crippen molar-refractivity contribution in [2.75, 3.05) is 4.90 Å². The molecule has 0 bridgehead atoms. The molecule has 0 fully saturated rings. The molecule has 2 aromatic rings. The minimum Gasteiger partial charge on any atom is -0.325 e. The first kappa shape index (κ1) is 13.7. The lowest BCUT2D eigenvalue weighted by molar-refractivity contribution is -0.119. The van der Waals surface area contributed by atoms with Crippen LogP contribution in [0.25, 0.3) is 0 Å². The zero-order chi connectivity index (χ0) is 14.8. The molecule has 0 unspecified atom stereocenters. The van der Waals surface area contributed by atoms with Gasteiger partial charge in [0.1, 0.15) is 5.82 Å². The molecule has 0 aliphatic carbocycles. The third kappa shape index (κ3) is 2.64. The summed E-state index contributed by atoms with van der Waals surface area (Å²) in [4.78, 5) is 18.2. The number of benzene rings is 1. The van der Waals surface area contributed by atoms with Crippen molar-refractivity contribution < 1.29 is 9.18 Å². The number of hydrogen-bond donors (Lipinski definition) is 1. The highest BCUT2D eigenvalue weighted by Gasteiger charge is 2.25. The lowest BCUT2D eigenvalue weighted by Crippen LogP contribution is -2.35. The maximum atomic E-state index is 13.3. The second-order valence-corrected chi connectivity index (χ2v) is 5.07. The van der Waals surface area contributed by atoms with Crippen LogP contribution in [0.3, 0.4) is 0 Å². The van der Waals surface area contributed by atoms with Crippen molar-refractivity contribution in [1.82, 2.24) is 4.98 Å². The topological polar surface area (TPSA) is 59.2 Å². The Morgan fingerprint density at radius 2 is 2.14 bits per heavy atom. The molecule has 0 saturated heterocycles. The lowest BCUT2D eigenvalue weighted by atomic mass is 10.00. The summed E-state index contributed by atoms with van der Waals surface area (Å²) in [6, 6.07) is 8.30. The number of aryl methyl sites for hydroxylation is 1. The SMILES string of the molecule is NCc1ncccc1CN1C(=O)CCc2cc(F)ccc21. The number of pyridine rings is 1. The van der Waals surface area contributed by atoms with Gasteiger partial charge in [0, 0.05) is 24.8 Å². The molecule has 0 saturated carbocycles. The van der Waals surface area contributed by atoms with E-state index in [1.165, 1.54) is 12.1 Å². The quantitative estimate of drug-likeness (QED) is 0.940. The molecule has 21 heavy (non-hydrogen) atoms. The van der Waals surface area contributed by atoms with Crippen LogP contribution in [0.15, 0.2) is 36.5 Å². The Bertz CT molecular complexity index is 687. The molecule has 0 atom stereocenters. The Hall–Kier alpha value is -2.27. The third-order valence-electron chi connectivity index (χ3n) is 3.75. The summed E-state index contributed by atoms with van der Waals surface area (Å²) in [6.45, 7) is 0.742. The minimum atomic E-state index is -0.271. The normalized spacial score (nSPS) is 14.2. The molecule has 5 heteroatoms. The van der Waals surface area contributed by atoms with E-state index in [1.54, 1.807) is 17.2 Å². The van der Waals surface area contributed by atoms with Crippen molar-refractivity contribution in [2.45, 2.75) is 25.9 Å². The fourth-order valence-corrected chi connectivity index (χ4v) is 2.67. The maximum absolute atomic E-state index is 13.3. The molecule has 1 aliphatic rings. The Labute approximate surface area is 122 Å². The van der Waals surface area contributed by atoms with E-state index in [1.807, 2.05) is 12.1 Å². The van der Waals surface area contributed by atoms with Gasteiger partial charge >= 0.3 is 0 Å². The molecule has 108 valence electrons. The van der Waals surface area contributed by atoms with Gasteiger partial charge in [0.25, 0.3) is 0 Å². The van der Waals surface area contributed by atoms with E-state index in [0.717, 1.165) is 22.5 Å². The van der Waals surface area contributed by atoms with Crippen molar-refractivity contribution in [2.24, 2.45) is 5.73 Å². The number of hydrogen-bond acceptors (Lipinski definition) is 3. The van der Waals surface area contributed by atoms with Crippen LogP contribution in [0.1, 0.15) is 23.2 Å². The van der Waals surface area contributed by atoms with E-state index >= 15 is 0 Å². The Balaban J connectivity index is 1.97. The number of carbonyl (C=O) groups excluding carboxylic acids is 1. The molecular formula is C16H16FN3O. The summed E-state index contributed by atoms with van der Waals surface area (Å²) in [5.41, 5.74) is 9.03. The van der Waals surface area contributed by atoms with Gasteiger partial charge in [-0.3, -0.25) is 9.78 Å². The van der Waals surface area contributed by atoms with Gasteiger partial charge in [0.2, 0.25) is 5.91 Å². The molecular weight excluding hydrogens is 269 g/mol. The van der Waals surface area contributed by atoms with Gasteiger partial charge in [0.05, 0.1) is 12.2 Å². The van der Waals surface area contributed by atoms with Crippen LogP contribution in [0.2, 0.25) is 0 Å². The Morgan fingerprint density at radius 3 is 2.95 bits per heavy atom. The number of aromatic nitrogens is 1. The number of fused-ring (bicyclic) bond motifs is 1. The van der Waals surface area contributed by atoms with Gasteiger partial charge in [-0.2, -0.15) is 0 Å². The predicted octanol–water partition coefficient (Wildman–Crippen LogP) is 2.16. The van der Waals surface area contributed by atoms with Gasteiger partial charge in [0.15, 0.2) is 0 Å². The summed E-state index contributed by atoms with van der Waals surface area (Å²) in [7, 11) is 0. The van der Waals surface area contributed by atoms with Gasteiger partial charge in [-0.1, -0.05) is 6.07 Å². The van der Waals surface area contributed by atoms with Crippen molar-refractivity contribution in [3.05, 3.63) is 59.2 Å². The number of nitrogens with two attached hydrogens (primary N) is 1. The summed E-state index contributed by atoms with van der Waals surface area (Å²) < 4.78 is 13.3. The molecule has 1 aliphatic heterocycles. The number of carbonyl (C=O) groups is 1. The zero-order valence-corrected chi connectivity index (χ0v) is 11.6. The van der Waals surface area contributed by atoms with Gasteiger partial charge in [-0.15, -0.1) is 0 Å². The number of amides is 1. The molecule has 2 N–H and O–H groups in total. The third-order valence-corrected chi connectivity index (χ3v) is 3.75. The number of halogens is 1. The average Bonchev–Trinajstić information content (AvgIpc) is 2.50. The van der Waals surface area contributed by atoms with E-state index in [4.69, 9.17) is 5.73 Å². The first-order valence-electron chi connectivity index (χ1n) is 6.90. The Kier molecular flexibility index (Phi) is 3.66. The molecule has 1 aromatic heterocycles. The van der Waals surface area contributed by atoms with Gasteiger partial charge < -0.3 is 10.6 Å². The van der Waals surface area contributed by atoms with Crippen LogP contribution in [0, 0.1) is 5.82 Å².